The van der Waals surface area contributed by atoms with Gasteiger partial charge in [0, 0.05) is 38.3 Å². The highest BCUT2D eigenvalue weighted by atomic mass is 32.2. The normalized spacial score (nSPS) is 11.9. The number of hydrogen-bond donors (Lipinski definition) is 2. The van der Waals surface area contributed by atoms with Crippen molar-refractivity contribution in [2.75, 3.05) is 33.4 Å². The van der Waals surface area contributed by atoms with E-state index in [0.29, 0.717) is 31.8 Å². The van der Waals surface area contributed by atoms with Crippen molar-refractivity contribution in [2.24, 2.45) is 0 Å². The van der Waals surface area contributed by atoms with Gasteiger partial charge in [0.15, 0.2) is 0 Å². The summed E-state index contributed by atoms with van der Waals surface area (Å²) in [6.45, 7) is 2.14. The third kappa shape index (κ3) is 4.21. The van der Waals surface area contributed by atoms with Crippen LogP contribution < -0.4 is 10.0 Å². The zero-order valence-electron chi connectivity index (χ0n) is 11.9. The second-order valence-corrected chi connectivity index (χ2v) is 6.21. The van der Waals surface area contributed by atoms with Crippen LogP contribution in [0.2, 0.25) is 0 Å². The van der Waals surface area contributed by atoms with E-state index in [1.807, 2.05) is 12.1 Å². The number of hydrogen-bond acceptors (Lipinski definition) is 5. The molecule has 1 heterocycles. The van der Waals surface area contributed by atoms with Crippen molar-refractivity contribution in [3.63, 3.8) is 0 Å². The van der Waals surface area contributed by atoms with Crippen LogP contribution in [0.3, 0.4) is 0 Å². The van der Waals surface area contributed by atoms with Gasteiger partial charge in [-0.2, -0.15) is 0 Å². The number of methoxy groups -OCH3 is 1. The maximum atomic E-state index is 12.3. The lowest BCUT2D eigenvalue weighted by atomic mass is 10.2. The topological polar surface area (TPSA) is 80.3 Å². The molecule has 0 radical (unpaired) electrons. The fraction of sp³-hybridized carbons (Fsp3) is 0.357. The molecule has 6 nitrogen and oxygen atoms in total. The van der Waals surface area contributed by atoms with Crippen molar-refractivity contribution in [1.82, 2.24) is 15.0 Å². The van der Waals surface area contributed by atoms with Crippen LogP contribution >= 0.6 is 0 Å². The maximum Gasteiger partial charge on any atom is 0.242 e. The molecule has 1 aromatic heterocycles. The molecular formula is C14H19N3O3S. The number of sulfonamides is 1. The smallest absolute Gasteiger partial charge is 0.242 e. The fourth-order valence-corrected chi connectivity index (χ4v) is 3.15. The number of fused-ring (bicyclic) bond motifs is 1. The van der Waals surface area contributed by atoms with Crippen molar-refractivity contribution in [3.05, 3.63) is 36.5 Å². The first-order valence-electron chi connectivity index (χ1n) is 6.68. The Hall–Kier alpha value is -1.54. The van der Waals surface area contributed by atoms with Crippen molar-refractivity contribution >= 4 is 20.9 Å². The minimum atomic E-state index is -3.56. The van der Waals surface area contributed by atoms with E-state index in [2.05, 4.69) is 15.0 Å². The SMILES string of the molecule is COCCNCCNS(=O)(=O)c1cccc2cccnc12. The van der Waals surface area contributed by atoms with E-state index in [4.69, 9.17) is 4.74 Å². The number of rotatable bonds is 8. The van der Waals surface area contributed by atoms with Crippen LogP contribution in [0, 0.1) is 0 Å². The van der Waals surface area contributed by atoms with Crippen molar-refractivity contribution in [1.29, 1.82) is 0 Å². The minimum Gasteiger partial charge on any atom is -0.383 e. The third-order valence-corrected chi connectivity index (χ3v) is 4.45. The summed E-state index contributed by atoms with van der Waals surface area (Å²) in [5.74, 6) is 0. The molecule has 0 aliphatic heterocycles. The average molecular weight is 309 g/mol. The lowest BCUT2D eigenvalue weighted by molar-refractivity contribution is 0.199. The summed E-state index contributed by atoms with van der Waals surface area (Å²) in [6, 6.07) is 8.75. The minimum absolute atomic E-state index is 0.206. The van der Waals surface area contributed by atoms with Gasteiger partial charge >= 0.3 is 0 Å². The molecule has 0 aliphatic carbocycles. The Morgan fingerprint density at radius 1 is 1.14 bits per heavy atom. The molecular weight excluding hydrogens is 290 g/mol. The van der Waals surface area contributed by atoms with Crippen LogP contribution in [0.25, 0.3) is 10.9 Å². The van der Waals surface area contributed by atoms with Gasteiger partial charge in [-0.3, -0.25) is 4.98 Å². The van der Waals surface area contributed by atoms with Gasteiger partial charge in [0.1, 0.15) is 4.90 Å². The second-order valence-electron chi connectivity index (χ2n) is 4.47. The van der Waals surface area contributed by atoms with E-state index in [9.17, 15) is 8.42 Å². The molecule has 0 amide bonds. The highest BCUT2D eigenvalue weighted by Gasteiger charge is 2.17. The predicted octanol–water partition coefficient (Wildman–Crippen LogP) is 0.749. The van der Waals surface area contributed by atoms with Gasteiger partial charge in [-0.15, -0.1) is 0 Å². The van der Waals surface area contributed by atoms with E-state index in [1.54, 1.807) is 31.5 Å². The Bertz CT molecular complexity index is 683. The monoisotopic (exact) mass is 309 g/mol. The third-order valence-electron chi connectivity index (χ3n) is 2.96. The summed E-state index contributed by atoms with van der Waals surface area (Å²) in [4.78, 5) is 4.37. The first-order chi connectivity index (χ1) is 10.1. The molecule has 0 fully saturated rings. The van der Waals surface area contributed by atoms with Crippen LogP contribution in [0.5, 0.6) is 0 Å². The number of aromatic nitrogens is 1. The molecule has 0 saturated heterocycles. The molecule has 2 rings (SSSR count). The lowest BCUT2D eigenvalue weighted by Gasteiger charge is -2.09. The summed E-state index contributed by atoms with van der Waals surface area (Å²) >= 11 is 0. The summed E-state index contributed by atoms with van der Waals surface area (Å²) in [5.41, 5.74) is 0.486. The van der Waals surface area contributed by atoms with Crippen LogP contribution in [-0.2, 0) is 14.8 Å². The lowest BCUT2D eigenvalue weighted by Crippen LogP contribution is -2.33. The number of ether oxygens (including phenoxy) is 1. The van der Waals surface area contributed by atoms with Gasteiger partial charge in [0.2, 0.25) is 10.0 Å². The van der Waals surface area contributed by atoms with E-state index in [1.165, 1.54) is 0 Å². The summed E-state index contributed by atoms with van der Waals surface area (Å²) in [7, 11) is -1.94. The van der Waals surface area contributed by atoms with Crippen LogP contribution in [0.4, 0.5) is 0 Å². The quantitative estimate of drug-likeness (QED) is 0.703. The number of nitrogens with zero attached hydrogens (tertiary/aromatic N) is 1. The van der Waals surface area contributed by atoms with Crippen LogP contribution in [-0.4, -0.2) is 46.8 Å². The fourth-order valence-electron chi connectivity index (χ4n) is 1.94. The molecule has 0 bridgehead atoms. The molecule has 0 saturated carbocycles. The van der Waals surface area contributed by atoms with E-state index < -0.39 is 10.0 Å². The largest absolute Gasteiger partial charge is 0.383 e. The van der Waals surface area contributed by atoms with Crippen molar-refractivity contribution in [2.45, 2.75) is 4.90 Å². The Balaban J connectivity index is 2.05. The summed E-state index contributed by atoms with van der Waals surface area (Å²) in [5, 5.41) is 3.88. The van der Waals surface area contributed by atoms with Gasteiger partial charge in [-0.1, -0.05) is 18.2 Å². The molecule has 2 N–H and O–H groups in total. The van der Waals surface area contributed by atoms with Crippen molar-refractivity contribution in [3.8, 4) is 0 Å². The number of para-hydroxylation sites is 1. The Morgan fingerprint density at radius 2 is 1.95 bits per heavy atom. The Labute approximate surface area is 124 Å². The molecule has 1 aromatic carbocycles. The molecule has 0 atom stereocenters. The highest BCUT2D eigenvalue weighted by molar-refractivity contribution is 7.89. The molecule has 0 spiro atoms. The van der Waals surface area contributed by atoms with E-state index in [0.717, 1.165) is 5.39 Å². The van der Waals surface area contributed by atoms with Gasteiger partial charge in [0.25, 0.3) is 0 Å². The Kier molecular flexibility index (Phi) is 5.63. The van der Waals surface area contributed by atoms with E-state index in [-0.39, 0.29) is 4.90 Å². The van der Waals surface area contributed by atoms with Gasteiger partial charge in [-0.25, -0.2) is 13.1 Å². The molecule has 2 aromatic rings. The number of pyridine rings is 1. The van der Waals surface area contributed by atoms with Crippen LogP contribution in [0.15, 0.2) is 41.4 Å². The van der Waals surface area contributed by atoms with Gasteiger partial charge < -0.3 is 10.1 Å². The second kappa shape index (κ2) is 7.46. The summed E-state index contributed by atoms with van der Waals surface area (Å²) in [6.07, 6.45) is 1.59. The molecule has 0 aliphatic rings. The molecule has 0 unspecified atom stereocenters. The first-order valence-corrected chi connectivity index (χ1v) is 8.16. The summed E-state index contributed by atoms with van der Waals surface area (Å²) < 4.78 is 32.1. The highest BCUT2D eigenvalue weighted by Crippen LogP contribution is 2.20. The standard InChI is InChI=1S/C14H19N3O3S/c1-20-11-10-15-8-9-17-21(18,19)13-6-2-4-12-5-3-7-16-14(12)13/h2-7,15,17H,8-11H2,1H3. The zero-order valence-corrected chi connectivity index (χ0v) is 12.7. The number of benzene rings is 1. The molecule has 21 heavy (non-hydrogen) atoms. The van der Waals surface area contributed by atoms with Crippen LogP contribution in [0.1, 0.15) is 0 Å². The van der Waals surface area contributed by atoms with Crippen molar-refractivity contribution < 1.29 is 13.2 Å². The maximum absolute atomic E-state index is 12.3. The molecule has 114 valence electrons. The average Bonchev–Trinajstić information content (AvgIpc) is 2.50. The predicted molar refractivity (Wildman–Crippen MR) is 81.7 cm³/mol. The van der Waals surface area contributed by atoms with E-state index >= 15 is 0 Å². The van der Waals surface area contributed by atoms with Gasteiger partial charge in [0.05, 0.1) is 12.1 Å². The zero-order chi connectivity index (χ0) is 15.1. The molecule has 7 heteroatoms. The first kappa shape index (κ1) is 15.8. The Morgan fingerprint density at radius 3 is 2.76 bits per heavy atom. The number of nitrogens with one attached hydrogen (secondary N) is 2. The van der Waals surface area contributed by atoms with Gasteiger partial charge in [-0.05, 0) is 12.1 Å².